The number of aromatic carboxylic acids is 1. The Hall–Kier alpha value is -4.00. The molecule has 28 heavy (non-hydrogen) atoms. The summed E-state index contributed by atoms with van der Waals surface area (Å²) in [5.74, 6) is -1.31. The van der Waals surface area contributed by atoms with Crippen molar-refractivity contribution in [3.8, 4) is 33.8 Å². The van der Waals surface area contributed by atoms with Gasteiger partial charge in [-0.05, 0) is 6.07 Å². The van der Waals surface area contributed by atoms with E-state index in [9.17, 15) is 14.7 Å². The van der Waals surface area contributed by atoms with Gasteiger partial charge in [0.15, 0.2) is 0 Å². The Kier molecular flexibility index (Phi) is 4.33. The van der Waals surface area contributed by atoms with Crippen LogP contribution in [0.2, 0.25) is 0 Å². The van der Waals surface area contributed by atoms with Crippen molar-refractivity contribution in [1.82, 2.24) is 20.0 Å². The highest BCUT2D eigenvalue weighted by Gasteiger charge is 2.23. The summed E-state index contributed by atoms with van der Waals surface area (Å²) in [6, 6.07) is 20.5. The van der Waals surface area contributed by atoms with Gasteiger partial charge < -0.3 is 5.11 Å². The summed E-state index contributed by atoms with van der Waals surface area (Å²) < 4.78 is 1.74. The molecule has 0 aliphatic carbocycles. The zero-order valence-corrected chi connectivity index (χ0v) is 15.0. The van der Waals surface area contributed by atoms with E-state index >= 15 is 0 Å². The third-order valence-electron chi connectivity index (χ3n) is 4.43. The van der Waals surface area contributed by atoms with E-state index in [1.54, 1.807) is 4.68 Å². The minimum absolute atomic E-state index is 0.336. The molecule has 0 saturated carbocycles. The normalized spacial score (nSPS) is 10.8. The molecule has 0 atom stereocenters. The standard InChI is InChI=1S/C21H16N4O3/c1-25-19(14-10-6-3-7-11-14)17(18(24-25)13-8-4-2-5-9-13)16-12-15(21(27)28)20(26)23-22-16/h2-12H,1H3,(H,23,26)(H,27,28). The number of carbonyl (C=O) groups is 1. The van der Waals surface area contributed by atoms with Crippen LogP contribution in [-0.2, 0) is 7.05 Å². The molecule has 7 heteroatoms. The molecule has 0 aliphatic rings. The van der Waals surface area contributed by atoms with E-state index in [0.29, 0.717) is 17.0 Å². The molecular weight excluding hydrogens is 356 g/mol. The average Bonchev–Trinajstić information content (AvgIpc) is 3.06. The van der Waals surface area contributed by atoms with Crippen LogP contribution in [0.25, 0.3) is 33.8 Å². The lowest BCUT2D eigenvalue weighted by atomic mass is 9.98. The number of benzene rings is 2. The van der Waals surface area contributed by atoms with Gasteiger partial charge >= 0.3 is 5.97 Å². The van der Waals surface area contributed by atoms with Crippen molar-refractivity contribution in [2.24, 2.45) is 7.05 Å². The molecule has 0 amide bonds. The predicted octanol–water partition coefficient (Wildman–Crippen LogP) is 3.20. The molecule has 0 aliphatic heterocycles. The first-order valence-electron chi connectivity index (χ1n) is 8.57. The van der Waals surface area contributed by atoms with Crippen LogP contribution in [0.5, 0.6) is 0 Å². The maximum atomic E-state index is 11.8. The molecule has 4 aromatic rings. The van der Waals surface area contributed by atoms with Gasteiger partial charge in [0.25, 0.3) is 5.56 Å². The van der Waals surface area contributed by atoms with Gasteiger partial charge in [-0.2, -0.15) is 10.2 Å². The molecule has 2 aromatic heterocycles. The fourth-order valence-corrected chi connectivity index (χ4v) is 3.18. The Labute approximate surface area is 159 Å². The number of hydrogen-bond donors (Lipinski definition) is 2. The van der Waals surface area contributed by atoms with Crippen LogP contribution in [0, 0.1) is 0 Å². The lowest BCUT2D eigenvalue weighted by molar-refractivity contribution is 0.0694. The largest absolute Gasteiger partial charge is 0.477 e. The maximum absolute atomic E-state index is 11.8. The molecule has 0 bridgehead atoms. The van der Waals surface area contributed by atoms with E-state index in [1.807, 2.05) is 67.7 Å². The summed E-state index contributed by atoms with van der Waals surface area (Å²) in [4.78, 5) is 23.3. The first kappa shape index (κ1) is 17.4. The molecule has 0 spiro atoms. The summed E-state index contributed by atoms with van der Waals surface area (Å²) >= 11 is 0. The first-order valence-corrected chi connectivity index (χ1v) is 8.57. The minimum Gasteiger partial charge on any atom is -0.477 e. The second-order valence-corrected chi connectivity index (χ2v) is 6.23. The van der Waals surface area contributed by atoms with Gasteiger partial charge in [0.2, 0.25) is 0 Å². The Morgan fingerprint density at radius 1 is 1.00 bits per heavy atom. The summed E-state index contributed by atoms with van der Waals surface area (Å²) in [6.45, 7) is 0. The molecular formula is C21H16N4O3. The van der Waals surface area contributed by atoms with Gasteiger partial charge in [-0.25, -0.2) is 9.89 Å². The molecule has 0 radical (unpaired) electrons. The van der Waals surface area contributed by atoms with Gasteiger partial charge in [-0.1, -0.05) is 60.7 Å². The third-order valence-corrected chi connectivity index (χ3v) is 4.43. The van der Waals surface area contributed by atoms with E-state index in [-0.39, 0.29) is 5.56 Å². The van der Waals surface area contributed by atoms with Crippen LogP contribution < -0.4 is 5.56 Å². The highest BCUT2D eigenvalue weighted by Crippen LogP contribution is 2.38. The van der Waals surface area contributed by atoms with Gasteiger partial charge in [-0.15, -0.1) is 0 Å². The second kappa shape index (κ2) is 6.96. The SMILES string of the molecule is Cn1nc(-c2ccccc2)c(-c2cc(C(=O)O)c(=O)[nH]n2)c1-c1ccccc1. The van der Waals surface area contributed by atoms with Crippen molar-refractivity contribution in [2.75, 3.05) is 0 Å². The second-order valence-electron chi connectivity index (χ2n) is 6.23. The van der Waals surface area contributed by atoms with Crippen molar-refractivity contribution >= 4 is 5.97 Å². The Morgan fingerprint density at radius 2 is 1.61 bits per heavy atom. The molecule has 2 aromatic carbocycles. The number of aromatic nitrogens is 4. The number of carboxylic acid groups (broad SMARTS) is 1. The van der Waals surface area contributed by atoms with Crippen molar-refractivity contribution in [3.63, 3.8) is 0 Å². The smallest absolute Gasteiger partial charge is 0.341 e. The first-order chi connectivity index (χ1) is 13.6. The molecule has 4 rings (SSSR count). The van der Waals surface area contributed by atoms with Crippen LogP contribution in [0.1, 0.15) is 10.4 Å². The molecule has 0 saturated heterocycles. The lowest BCUT2D eigenvalue weighted by Gasteiger charge is -2.08. The third kappa shape index (κ3) is 2.99. The number of rotatable bonds is 4. The lowest BCUT2D eigenvalue weighted by Crippen LogP contribution is -2.18. The molecule has 2 N–H and O–H groups in total. The number of aryl methyl sites for hydroxylation is 1. The van der Waals surface area contributed by atoms with E-state index in [0.717, 1.165) is 16.8 Å². The van der Waals surface area contributed by atoms with Crippen molar-refractivity contribution < 1.29 is 9.90 Å². The number of nitrogens with one attached hydrogen (secondary N) is 1. The fourth-order valence-electron chi connectivity index (χ4n) is 3.18. The summed E-state index contributed by atoms with van der Waals surface area (Å²) in [7, 11) is 1.82. The van der Waals surface area contributed by atoms with Gasteiger partial charge in [0, 0.05) is 18.2 Å². The van der Waals surface area contributed by atoms with Crippen LogP contribution in [-0.4, -0.2) is 31.1 Å². The molecule has 2 heterocycles. The highest BCUT2D eigenvalue weighted by atomic mass is 16.4. The van der Waals surface area contributed by atoms with E-state index in [2.05, 4.69) is 15.3 Å². The Bertz CT molecular complexity index is 1210. The van der Waals surface area contributed by atoms with E-state index in [1.165, 1.54) is 6.07 Å². The molecule has 7 nitrogen and oxygen atoms in total. The number of aromatic amines is 1. The van der Waals surface area contributed by atoms with Crippen LogP contribution in [0.4, 0.5) is 0 Å². The molecule has 0 fully saturated rings. The van der Waals surface area contributed by atoms with Crippen LogP contribution >= 0.6 is 0 Å². The predicted molar refractivity (Wildman–Crippen MR) is 105 cm³/mol. The monoisotopic (exact) mass is 372 g/mol. The number of hydrogen-bond acceptors (Lipinski definition) is 4. The quantitative estimate of drug-likeness (QED) is 0.573. The Balaban J connectivity index is 2.06. The number of H-pyrrole nitrogens is 1. The van der Waals surface area contributed by atoms with Crippen LogP contribution in [0.3, 0.4) is 0 Å². The Morgan fingerprint density at radius 3 is 2.21 bits per heavy atom. The van der Waals surface area contributed by atoms with Crippen LogP contribution in [0.15, 0.2) is 71.5 Å². The van der Waals surface area contributed by atoms with E-state index in [4.69, 9.17) is 0 Å². The van der Waals surface area contributed by atoms with Crippen molar-refractivity contribution in [1.29, 1.82) is 0 Å². The summed E-state index contributed by atoms with van der Waals surface area (Å²) in [5.41, 5.74) is 3.06. The zero-order valence-electron chi connectivity index (χ0n) is 15.0. The maximum Gasteiger partial charge on any atom is 0.341 e. The highest BCUT2D eigenvalue weighted by molar-refractivity contribution is 5.93. The zero-order chi connectivity index (χ0) is 19.7. The fraction of sp³-hybridized carbons (Fsp3) is 0.0476. The number of nitrogens with zero attached hydrogens (tertiary/aromatic N) is 3. The van der Waals surface area contributed by atoms with Crippen molar-refractivity contribution in [2.45, 2.75) is 0 Å². The summed E-state index contributed by atoms with van der Waals surface area (Å²) in [5, 5.41) is 20.4. The van der Waals surface area contributed by atoms with Crippen molar-refractivity contribution in [3.05, 3.63) is 82.6 Å². The van der Waals surface area contributed by atoms with E-state index < -0.39 is 11.5 Å². The average molecular weight is 372 g/mol. The summed E-state index contributed by atoms with van der Waals surface area (Å²) in [6.07, 6.45) is 0. The van der Waals surface area contributed by atoms with Gasteiger partial charge in [0.05, 0.1) is 17.0 Å². The number of carboxylic acids is 1. The van der Waals surface area contributed by atoms with Gasteiger partial charge in [-0.3, -0.25) is 9.48 Å². The van der Waals surface area contributed by atoms with Gasteiger partial charge in [0.1, 0.15) is 11.3 Å². The minimum atomic E-state index is -1.31. The molecule has 138 valence electrons. The molecule has 0 unspecified atom stereocenters. The topological polar surface area (TPSA) is 101 Å².